The van der Waals surface area contributed by atoms with E-state index in [1.54, 1.807) is 0 Å². The second-order valence-electron chi connectivity index (χ2n) is 15.0. The maximum atomic E-state index is 12.7. The minimum absolute atomic E-state index is 0.0756. The van der Waals surface area contributed by atoms with Crippen LogP contribution >= 0.6 is 0 Å². The molecule has 0 N–H and O–H groups in total. The number of carbonyl (C=O) groups excluding carboxylic acids is 3. The van der Waals surface area contributed by atoms with Gasteiger partial charge in [-0.2, -0.15) is 0 Å². The molecule has 0 rings (SSSR count). The lowest BCUT2D eigenvalue weighted by atomic mass is 10.1. The fourth-order valence-corrected chi connectivity index (χ4v) is 6.32. The van der Waals surface area contributed by atoms with E-state index in [-0.39, 0.29) is 31.1 Å². The van der Waals surface area contributed by atoms with E-state index >= 15 is 0 Å². The Hall–Kier alpha value is -2.37. The van der Waals surface area contributed by atoms with Crippen LogP contribution in [0.1, 0.15) is 226 Å². The van der Waals surface area contributed by atoms with Gasteiger partial charge in [-0.05, 0) is 38.5 Å². The van der Waals surface area contributed by atoms with E-state index < -0.39 is 6.10 Å². The second-order valence-corrected chi connectivity index (χ2v) is 15.0. The van der Waals surface area contributed by atoms with Crippen LogP contribution in [0.25, 0.3) is 0 Å². The Labute approximate surface area is 327 Å². The summed E-state index contributed by atoms with van der Waals surface area (Å²) in [6.45, 7) is 6.47. The third-order valence-electron chi connectivity index (χ3n) is 9.72. The summed E-state index contributed by atoms with van der Waals surface area (Å²) in [4.78, 5) is 37.7. The van der Waals surface area contributed by atoms with E-state index in [0.29, 0.717) is 19.3 Å². The zero-order chi connectivity index (χ0) is 38.7. The average molecular weight is 745 g/mol. The normalized spacial score (nSPS) is 12.3. The van der Waals surface area contributed by atoms with Crippen LogP contribution in [-0.4, -0.2) is 37.2 Å². The van der Waals surface area contributed by atoms with Crippen LogP contribution in [0.4, 0.5) is 0 Å². The molecule has 0 aliphatic rings. The van der Waals surface area contributed by atoms with E-state index in [0.717, 1.165) is 83.5 Å². The molecule has 0 aromatic heterocycles. The van der Waals surface area contributed by atoms with Gasteiger partial charge in [0.1, 0.15) is 13.2 Å². The summed E-state index contributed by atoms with van der Waals surface area (Å²) in [5.41, 5.74) is 0. The summed E-state index contributed by atoms with van der Waals surface area (Å²) in [5, 5.41) is 0. The first-order valence-electron chi connectivity index (χ1n) is 22.5. The van der Waals surface area contributed by atoms with Gasteiger partial charge < -0.3 is 14.2 Å². The fraction of sp³-hybridized carbons (Fsp3) is 0.809. The van der Waals surface area contributed by atoms with Gasteiger partial charge in [-0.3, -0.25) is 14.4 Å². The zero-order valence-corrected chi connectivity index (χ0v) is 35.0. The van der Waals surface area contributed by atoms with Crippen LogP contribution in [0.5, 0.6) is 0 Å². The Morgan fingerprint density at radius 3 is 1.13 bits per heavy atom. The van der Waals surface area contributed by atoms with Gasteiger partial charge in [0, 0.05) is 19.3 Å². The average Bonchev–Trinajstić information content (AvgIpc) is 3.15. The summed E-state index contributed by atoms with van der Waals surface area (Å²) in [7, 11) is 0. The molecule has 0 aliphatic heterocycles. The first-order valence-corrected chi connectivity index (χ1v) is 22.5. The SMILES string of the molecule is CC\C=C/C=C\C=C/CCCCCCCC(=O)OCC(COC(=O)CCCCCCCCCCCCC)OC(=O)CCCCCCCCCCCCC. The van der Waals surface area contributed by atoms with E-state index in [4.69, 9.17) is 14.2 Å². The van der Waals surface area contributed by atoms with Gasteiger partial charge in [0.05, 0.1) is 0 Å². The number of carbonyl (C=O) groups is 3. The number of unbranched alkanes of at least 4 members (excludes halogenated alkanes) is 25. The molecule has 53 heavy (non-hydrogen) atoms. The van der Waals surface area contributed by atoms with Crippen molar-refractivity contribution < 1.29 is 28.6 Å². The van der Waals surface area contributed by atoms with Crippen LogP contribution in [0, 0.1) is 0 Å². The molecule has 0 fully saturated rings. The van der Waals surface area contributed by atoms with Crippen LogP contribution < -0.4 is 0 Å². The van der Waals surface area contributed by atoms with Gasteiger partial charge in [0.2, 0.25) is 0 Å². The summed E-state index contributed by atoms with van der Waals surface area (Å²) in [6, 6.07) is 0. The van der Waals surface area contributed by atoms with Crippen molar-refractivity contribution in [3.05, 3.63) is 36.5 Å². The van der Waals surface area contributed by atoms with Crippen molar-refractivity contribution >= 4 is 17.9 Å². The van der Waals surface area contributed by atoms with Gasteiger partial charge in [-0.1, -0.05) is 205 Å². The quantitative estimate of drug-likeness (QED) is 0.0269. The third kappa shape index (κ3) is 40.6. The van der Waals surface area contributed by atoms with E-state index in [2.05, 4.69) is 57.2 Å². The maximum Gasteiger partial charge on any atom is 0.306 e. The van der Waals surface area contributed by atoms with E-state index in [1.165, 1.54) is 103 Å². The molecular formula is C47H84O6. The molecule has 6 heteroatoms. The van der Waals surface area contributed by atoms with Crippen molar-refractivity contribution in [3.63, 3.8) is 0 Å². The van der Waals surface area contributed by atoms with Crippen LogP contribution in [0.15, 0.2) is 36.5 Å². The zero-order valence-electron chi connectivity index (χ0n) is 35.0. The Morgan fingerprint density at radius 2 is 0.736 bits per heavy atom. The van der Waals surface area contributed by atoms with Crippen LogP contribution in [0.3, 0.4) is 0 Å². The van der Waals surface area contributed by atoms with Crippen molar-refractivity contribution in [3.8, 4) is 0 Å². The standard InChI is InChI=1S/C47H84O6/c1-4-7-10-13-16-19-22-23-26-28-31-34-37-40-46(49)52-43-44(53-47(50)41-38-35-32-29-25-21-18-15-12-9-6-3)42-51-45(48)39-36-33-30-27-24-20-17-14-11-8-5-2/h7,10,13,16,19,22,44H,4-6,8-9,11-12,14-15,17-18,20-21,23-43H2,1-3H3/b10-7-,16-13-,22-19-. The van der Waals surface area contributed by atoms with Gasteiger partial charge in [0.25, 0.3) is 0 Å². The highest BCUT2D eigenvalue weighted by atomic mass is 16.6. The Kier molecular flexibility index (Phi) is 40.5. The molecule has 0 aliphatic carbocycles. The van der Waals surface area contributed by atoms with Gasteiger partial charge in [0.15, 0.2) is 6.10 Å². The second kappa shape index (κ2) is 42.4. The van der Waals surface area contributed by atoms with Crippen LogP contribution in [-0.2, 0) is 28.6 Å². The summed E-state index contributed by atoms with van der Waals surface area (Å²) in [6.07, 6.45) is 46.9. The topological polar surface area (TPSA) is 78.9 Å². The lowest BCUT2D eigenvalue weighted by Gasteiger charge is -2.18. The number of rotatable bonds is 40. The molecular weight excluding hydrogens is 661 g/mol. The summed E-state index contributed by atoms with van der Waals surface area (Å²) >= 11 is 0. The number of esters is 3. The van der Waals surface area contributed by atoms with E-state index in [9.17, 15) is 14.4 Å². The highest BCUT2D eigenvalue weighted by Gasteiger charge is 2.19. The highest BCUT2D eigenvalue weighted by molar-refractivity contribution is 5.71. The Morgan fingerprint density at radius 1 is 0.396 bits per heavy atom. The summed E-state index contributed by atoms with van der Waals surface area (Å²) < 4.78 is 16.7. The number of ether oxygens (including phenoxy) is 3. The van der Waals surface area contributed by atoms with E-state index in [1.807, 2.05) is 0 Å². The van der Waals surface area contributed by atoms with Crippen molar-refractivity contribution in [1.82, 2.24) is 0 Å². The first-order chi connectivity index (χ1) is 26.0. The molecule has 0 amide bonds. The number of hydrogen-bond donors (Lipinski definition) is 0. The summed E-state index contributed by atoms with van der Waals surface area (Å²) in [5.74, 6) is -0.895. The number of allylic oxidation sites excluding steroid dienone is 6. The third-order valence-corrected chi connectivity index (χ3v) is 9.72. The molecule has 6 nitrogen and oxygen atoms in total. The minimum atomic E-state index is -0.772. The van der Waals surface area contributed by atoms with Crippen molar-refractivity contribution in [2.75, 3.05) is 13.2 Å². The Balaban J connectivity index is 4.38. The van der Waals surface area contributed by atoms with Gasteiger partial charge in [-0.15, -0.1) is 0 Å². The minimum Gasteiger partial charge on any atom is -0.462 e. The molecule has 1 unspecified atom stereocenters. The predicted molar refractivity (Wildman–Crippen MR) is 224 cm³/mol. The van der Waals surface area contributed by atoms with Gasteiger partial charge >= 0.3 is 17.9 Å². The molecule has 0 bridgehead atoms. The first kappa shape index (κ1) is 50.6. The predicted octanol–water partition coefficient (Wildman–Crippen LogP) is 14.2. The molecule has 0 radical (unpaired) electrons. The molecule has 308 valence electrons. The van der Waals surface area contributed by atoms with Crippen LogP contribution in [0.2, 0.25) is 0 Å². The molecule has 0 saturated heterocycles. The molecule has 1 atom stereocenters. The lowest BCUT2D eigenvalue weighted by Crippen LogP contribution is -2.30. The van der Waals surface area contributed by atoms with Gasteiger partial charge in [-0.25, -0.2) is 0 Å². The smallest absolute Gasteiger partial charge is 0.306 e. The van der Waals surface area contributed by atoms with Crippen molar-refractivity contribution in [2.24, 2.45) is 0 Å². The Bertz CT molecular complexity index is 907. The molecule has 0 spiro atoms. The fourth-order valence-electron chi connectivity index (χ4n) is 6.32. The molecule has 0 saturated carbocycles. The molecule has 0 aromatic rings. The highest BCUT2D eigenvalue weighted by Crippen LogP contribution is 2.15. The maximum absolute atomic E-state index is 12.7. The van der Waals surface area contributed by atoms with Crippen molar-refractivity contribution in [1.29, 1.82) is 0 Å². The lowest BCUT2D eigenvalue weighted by molar-refractivity contribution is -0.167. The van der Waals surface area contributed by atoms with Crippen molar-refractivity contribution in [2.45, 2.75) is 232 Å². The monoisotopic (exact) mass is 745 g/mol. The number of hydrogen-bond acceptors (Lipinski definition) is 6. The largest absolute Gasteiger partial charge is 0.462 e. The molecule has 0 aromatic carbocycles. The molecule has 0 heterocycles.